The van der Waals surface area contributed by atoms with Crippen LogP contribution < -0.4 is 10.7 Å². The number of aromatic nitrogens is 2. The molecule has 0 spiro atoms. The van der Waals surface area contributed by atoms with Crippen molar-refractivity contribution in [3.05, 3.63) is 18.3 Å². The van der Waals surface area contributed by atoms with E-state index in [1.807, 2.05) is 13.8 Å². The van der Waals surface area contributed by atoms with E-state index in [2.05, 4.69) is 15.3 Å². The first-order valence-electron chi connectivity index (χ1n) is 6.05. The molecular formula is C12H17N5O. The average molecular weight is 247 g/mol. The van der Waals surface area contributed by atoms with Crippen molar-refractivity contribution in [2.75, 3.05) is 11.6 Å². The molecule has 2 heterocycles. The molecule has 0 aliphatic carbocycles. The van der Waals surface area contributed by atoms with Gasteiger partial charge in [0.25, 0.3) is 5.91 Å². The summed E-state index contributed by atoms with van der Waals surface area (Å²) in [4.78, 5) is 12.3. The maximum absolute atomic E-state index is 12.3. The second-order valence-corrected chi connectivity index (χ2v) is 4.54. The highest BCUT2D eigenvalue weighted by Gasteiger charge is 2.37. The van der Waals surface area contributed by atoms with Gasteiger partial charge in [-0.05, 0) is 31.0 Å². The van der Waals surface area contributed by atoms with Crippen LogP contribution in [0, 0.1) is 11.8 Å². The molecule has 0 radical (unpaired) electrons. The highest BCUT2D eigenvalue weighted by Crippen LogP contribution is 2.26. The number of nitrogens with two attached hydrogens (primary N) is 1. The lowest BCUT2D eigenvalue weighted by Crippen LogP contribution is -2.30. The Hall–Kier alpha value is -1.82. The molecule has 2 N–H and O–H groups in total. The van der Waals surface area contributed by atoms with Gasteiger partial charge in [0.05, 0.1) is 11.6 Å². The van der Waals surface area contributed by atoms with Gasteiger partial charge < -0.3 is 5.73 Å². The number of rotatable bonds is 4. The zero-order valence-electron chi connectivity index (χ0n) is 10.6. The molecule has 2 rings (SSSR count). The molecule has 96 valence electrons. The lowest BCUT2D eigenvalue weighted by Gasteiger charge is -2.13. The molecule has 0 bridgehead atoms. The number of amides is 1. The summed E-state index contributed by atoms with van der Waals surface area (Å²) >= 11 is 0. The van der Waals surface area contributed by atoms with E-state index >= 15 is 0 Å². The van der Waals surface area contributed by atoms with Crippen molar-refractivity contribution in [3.63, 3.8) is 0 Å². The Kier molecular flexibility index (Phi) is 3.66. The van der Waals surface area contributed by atoms with Crippen molar-refractivity contribution in [2.24, 2.45) is 22.7 Å². The standard InChI is InChI=1S/C12H17N5O/c1-8(2)11-9(5-6-13)12(18)17(16-11)10-4-3-7-14-15-10/h3-4,7-9H,5-6,13H2,1-2H3. The number of hydrazone groups is 1. The van der Waals surface area contributed by atoms with E-state index < -0.39 is 0 Å². The second-order valence-electron chi connectivity index (χ2n) is 4.54. The van der Waals surface area contributed by atoms with Gasteiger partial charge in [0, 0.05) is 6.20 Å². The van der Waals surface area contributed by atoms with Crippen LogP contribution >= 0.6 is 0 Å². The Labute approximate surface area is 106 Å². The fraction of sp³-hybridized carbons (Fsp3) is 0.500. The van der Waals surface area contributed by atoms with Crippen molar-refractivity contribution in [2.45, 2.75) is 20.3 Å². The average Bonchev–Trinajstić information content (AvgIpc) is 2.69. The number of nitrogens with zero attached hydrogens (tertiary/aromatic N) is 4. The van der Waals surface area contributed by atoms with E-state index in [4.69, 9.17) is 5.73 Å². The minimum Gasteiger partial charge on any atom is -0.330 e. The van der Waals surface area contributed by atoms with E-state index in [1.165, 1.54) is 5.01 Å². The monoisotopic (exact) mass is 247 g/mol. The summed E-state index contributed by atoms with van der Waals surface area (Å²) in [5.74, 6) is 0.383. The van der Waals surface area contributed by atoms with Crippen LogP contribution in [0.25, 0.3) is 0 Å². The predicted molar refractivity (Wildman–Crippen MR) is 69.0 cm³/mol. The van der Waals surface area contributed by atoms with Gasteiger partial charge in [0.1, 0.15) is 0 Å². The zero-order chi connectivity index (χ0) is 13.1. The number of hydrogen-bond acceptors (Lipinski definition) is 5. The van der Waals surface area contributed by atoms with Crippen LogP contribution in [0.3, 0.4) is 0 Å². The maximum atomic E-state index is 12.3. The summed E-state index contributed by atoms with van der Waals surface area (Å²) in [6.07, 6.45) is 2.18. The summed E-state index contributed by atoms with van der Waals surface area (Å²) in [7, 11) is 0. The molecule has 1 amide bonds. The summed E-state index contributed by atoms with van der Waals surface area (Å²) in [6, 6.07) is 3.45. The minimum atomic E-state index is -0.225. The molecule has 1 atom stereocenters. The van der Waals surface area contributed by atoms with Crippen LogP contribution in [0.1, 0.15) is 20.3 Å². The van der Waals surface area contributed by atoms with Gasteiger partial charge in [-0.2, -0.15) is 15.2 Å². The first-order chi connectivity index (χ1) is 8.65. The van der Waals surface area contributed by atoms with Crippen molar-refractivity contribution in [1.29, 1.82) is 0 Å². The molecule has 0 fully saturated rings. The van der Waals surface area contributed by atoms with Crippen LogP contribution in [0.15, 0.2) is 23.4 Å². The van der Waals surface area contributed by atoms with Crippen molar-refractivity contribution < 1.29 is 4.79 Å². The first kappa shape index (κ1) is 12.6. The predicted octanol–water partition coefficient (Wildman–Crippen LogP) is 0.800. The summed E-state index contributed by atoms with van der Waals surface area (Å²) in [5, 5.41) is 13.4. The molecule has 1 unspecified atom stereocenters. The highest BCUT2D eigenvalue weighted by molar-refractivity contribution is 6.15. The third kappa shape index (κ3) is 2.24. The molecule has 0 saturated carbocycles. The Morgan fingerprint density at radius 2 is 2.28 bits per heavy atom. The fourth-order valence-corrected chi connectivity index (χ4v) is 2.03. The molecule has 1 aromatic heterocycles. The third-order valence-corrected chi connectivity index (χ3v) is 2.90. The normalized spacial score (nSPS) is 19.6. The van der Waals surface area contributed by atoms with Crippen LogP contribution in [-0.4, -0.2) is 28.4 Å². The Bertz CT molecular complexity index is 457. The lowest BCUT2D eigenvalue weighted by molar-refractivity contribution is -0.119. The topological polar surface area (TPSA) is 84.5 Å². The fourth-order valence-electron chi connectivity index (χ4n) is 2.03. The quantitative estimate of drug-likeness (QED) is 0.852. The summed E-state index contributed by atoms with van der Waals surface area (Å²) in [5.41, 5.74) is 6.43. The Balaban J connectivity index is 2.31. The molecule has 6 heteroatoms. The SMILES string of the molecule is CC(C)C1=NN(c2cccnn2)C(=O)C1CCN. The highest BCUT2D eigenvalue weighted by atomic mass is 16.2. The van der Waals surface area contributed by atoms with Crippen molar-refractivity contribution >= 4 is 17.4 Å². The molecule has 6 nitrogen and oxygen atoms in total. The zero-order valence-corrected chi connectivity index (χ0v) is 10.6. The molecule has 0 aromatic carbocycles. The van der Waals surface area contributed by atoms with Gasteiger partial charge in [-0.1, -0.05) is 13.8 Å². The third-order valence-electron chi connectivity index (χ3n) is 2.90. The van der Waals surface area contributed by atoms with Crippen LogP contribution in [0.4, 0.5) is 5.82 Å². The smallest absolute Gasteiger partial charge is 0.257 e. The second kappa shape index (κ2) is 5.22. The minimum absolute atomic E-state index is 0.0651. The number of carbonyl (C=O) groups is 1. The van der Waals surface area contributed by atoms with Crippen LogP contribution in [0.5, 0.6) is 0 Å². The molecular weight excluding hydrogens is 230 g/mol. The summed E-state index contributed by atoms with van der Waals surface area (Å²) in [6.45, 7) is 4.52. The van der Waals surface area contributed by atoms with Gasteiger partial charge in [-0.3, -0.25) is 4.79 Å². The van der Waals surface area contributed by atoms with Crippen LogP contribution in [-0.2, 0) is 4.79 Å². The Morgan fingerprint density at radius 1 is 1.50 bits per heavy atom. The molecule has 0 saturated heterocycles. The largest absolute Gasteiger partial charge is 0.330 e. The van der Waals surface area contributed by atoms with Gasteiger partial charge in [-0.15, -0.1) is 5.10 Å². The number of hydrogen-bond donors (Lipinski definition) is 1. The van der Waals surface area contributed by atoms with Gasteiger partial charge in [-0.25, -0.2) is 0 Å². The lowest BCUT2D eigenvalue weighted by atomic mass is 9.92. The number of carbonyl (C=O) groups excluding carboxylic acids is 1. The van der Waals surface area contributed by atoms with Gasteiger partial charge in [0.15, 0.2) is 5.82 Å². The summed E-state index contributed by atoms with van der Waals surface area (Å²) < 4.78 is 0. The van der Waals surface area contributed by atoms with E-state index in [9.17, 15) is 4.79 Å². The van der Waals surface area contributed by atoms with Crippen molar-refractivity contribution in [3.8, 4) is 0 Å². The molecule has 1 aromatic rings. The van der Waals surface area contributed by atoms with E-state index in [-0.39, 0.29) is 17.7 Å². The van der Waals surface area contributed by atoms with Crippen molar-refractivity contribution in [1.82, 2.24) is 10.2 Å². The molecule has 1 aliphatic heterocycles. The Morgan fingerprint density at radius 3 is 2.83 bits per heavy atom. The molecule has 18 heavy (non-hydrogen) atoms. The van der Waals surface area contributed by atoms with Gasteiger partial charge in [0.2, 0.25) is 0 Å². The van der Waals surface area contributed by atoms with E-state index in [0.29, 0.717) is 18.8 Å². The van der Waals surface area contributed by atoms with Gasteiger partial charge >= 0.3 is 0 Å². The van der Waals surface area contributed by atoms with E-state index in [0.717, 1.165) is 5.71 Å². The van der Waals surface area contributed by atoms with Crippen LogP contribution in [0.2, 0.25) is 0 Å². The number of anilines is 1. The van der Waals surface area contributed by atoms with E-state index in [1.54, 1.807) is 18.3 Å². The maximum Gasteiger partial charge on any atom is 0.257 e. The molecule has 1 aliphatic rings. The first-order valence-corrected chi connectivity index (χ1v) is 6.05.